The van der Waals surface area contributed by atoms with Gasteiger partial charge < -0.3 is 9.47 Å². The minimum atomic E-state index is 0.638. The molecule has 6 heteroatoms. The zero-order valence-corrected chi connectivity index (χ0v) is 19.5. The van der Waals surface area contributed by atoms with Gasteiger partial charge in [0.1, 0.15) is 5.69 Å². The summed E-state index contributed by atoms with van der Waals surface area (Å²) in [6.07, 6.45) is 5.33. The highest BCUT2D eigenvalue weighted by Crippen LogP contribution is 2.43. The number of para-hydroxylation sites is 1. The summed E-state index contributed by atoms with van der Waals surface area (Å²) in [6.45, 7) is 0. The van der Waals surface area contributed by atoms with E-state index in [0.717, 1.165) is 33.6 Å². The minimum Gasteiger partial charge on any atom is -0.493 e. The third kappa shape index (κ3) is 4.54. The van der Waals surface area contributed by atoms with Gasteiger partial charge in [-0.25, -0.2) is 9.67 Å². The third-order valence-electron chi connectivity index (χ3n) is 5.60. The summed E-state index contributed by atoms with van der Waals surface area (Å²) in [5.74, 6) is 2.00. The summed E-state index contributed by atoms with van der Waals surface area (Å²) >= 11 is 0. The van der Waals surface area contributed by atoms with Crippen LogP contribution < -0.4 is 9.47 Å². The largest absolute Gasteiger partial charge is 0.493 e. The molecule has 0 saturated carbocycles. The number of aromatic nitrogens is 3. The van der Waals surface area contributed by atoms with Crippen LogP contribution in [0.15, 0.2) is 108 Å². The smallest absolute Gasteiger partial charge is 0.164 e. The first-order valence-corrected chi connectivity index (χ1v) is 11.2. The fraction of sp³-hybridized carbons (Fsp3) is 0.0690. The lowest BCUT2D eigenvalue weighted by molar-refractivity contribution is 0.355. The minimum absolute atomic E-state index is 0.638. The Hall–Kier alpha value is -4.71. The molecule has 0 amide bonds. The Labute approximate surface area is 204 Å². The van der Waals surface area contributed by atoms with E-state index in [9.17, 15) is 0 Å². The predicted molar refractivity (Wildman–Crippen MR) is 139 cm³/mol. The van der Waals surface area contributed by atoms with Crippen LogP contribution in [0.3, 0.4) is 0 Å². The lowest BCUT2D eigenvalue weighted by atomic mass is 10.00. The molecule has 0 spiro atoms. The topological polar surface area (TPSA) is 61.5 Å². The van der Waals surface area contributed by atoms with Crippen molar-refractivity contribution in [3.05, 3.63) is 109 Å². The average molecular weight is 461 g/mol. The van der Waals surface area contributed by atoms with Gasteiger partial charge in [-0.3, -0.25) is 4.98 Å². The Morgan fingerprint density at radius 3 is 2.20 bits per heavy atom. The number of hydrogen-bond acceptors (Lipinski definition) is 5. The highest BCUT2D eigenvalue weighted by Gasteiger charge is 2.22. The molecule has 0 atom stereocenters. The number of nitrogens with zero attached hydrogens (tertiary/aromatic N) is 4. The first kappa shape index (κ1) is 22.1. The van der Waals surface area contributed by atoms with Crippen molar-refractivity contribution in [2.45, 2.75) is 0 Å². The van der Waals surface area contributed by atoms with Gasteiger partial charge in [0.15, 0.2) is 17.3 Å². The molecular weight excluding hydrogens is 436 g/mol. The molecule has 0 saturated heterocycles. The zero-order chi connectivity index (χ0) is 24.0. The van der Waals surface area contributed by atoms with Crippen molar-refractivity contribution in [1.82, 2.24) is 14.8 Å². The molecular formula is C29H24N4O2. The van der Waals surface area contributed by atoms with Crippen LogP contribution in [0.25, 0.3) is 28.1 Å². The molecule has 2 aromatic heterocycles. The van der Waals surface area contributed by atoms with Crippen molar-refractivity contribution < 1.29 is 9.47 Å². The summed E-state index contributed by atoms with van der Waals surface area (Å²) in [5, 5.41) is 5.05. The molecule has 5 aromatic rings. The standard InChI is InChI=1S/C29H24N4O2/c1-34-25-16-15-23(18-26(25)35-2)27-28(22-11-5-3-6-12-22)32-33(24-13-7-4-8-14-24)29(27)31-20-21-10-9-17-30-19-21/h3-20H,1-2H3/b31-20+. The summed E-state index contributed by atoms with van der Waals surface area (Å²) in [4.78, 5) is 9.15. The second-order valence-electron chi connectivity index (χ2n) is 7.77. The monoisotopic (exact) mass is 460 g/mol. The van der Waals surface area contributed by atoms with Gasteiger partial charge in [-0.2, -0.15) is 5.10 Å². The van der Waals surface area contributed by atoms with Gasteiger partial charge in [-0.15, -0.1) is 0 Å². The molecule has 3 aromatic carbocycles. The number of pyridine rings is 1. The van der Waals surface area contributed by atoms with Crippen LogP contribution >= 0.6 is 0 Å². The van der Waals surface area contributed by atoms with Gasteiger partial charge in [0.2, 0.25) is 0 Å². The van der Waals surface area contributed by atoms with E-state index in [1.165, 1.54) is 0 Å². The fourth-order valence-corrected chi connectivity index (χ4v) is 3.92. The van der Waals surface area contributed by atoms with E-state index in [0.29, 0.717) is 17.3 Å². The SMILES string of the molecule is COc1ccc(-c2c(-c3ccccc3)nn(-c3ccccc3)c2/N=C/c2cccnc2)cc1OC. The molecule has 0 unspecified atom stereocenters. The van der Waals surface area contributed by atoms with Gasteiger partial charge in [0, 0.05) is 29.7 Å². The number of ether oxygens (including phenoxy) is 2. The Kier molecular flexibility index (Phi) is 6.35. The fourth-order valence-electron chi connectivity index (χ4n) is 3.92. The van der Waals surface area contributed by atoms with Crippen molar-refractivity contribution in [2.24, 2.45) is 4.99 Å². The van der Waals surface area contributed by atoms with Gasteiger partial charge >= 0.3 is 0 Å². The number of methoxy groups -OCH3 is 2. The molecule has 0 radical (unpaired) electrons. The Balaban J connectivity index is 1.80. The summed E-state index contributed by atoms with van der Waals surface area (Å²) < 4.78 is 13.0. The van der Waals surface area contributed by atoms with Crippen molar-refractivity contribution in [1.29, 1.82) is 0 Å². The number of aliphatic imine (C=N–C) groups is 1. The second-order valence-corrected chi connectivity index (χ2v) is 7.77. The molecule has 2 heterocycles. The lowest BCUT2D eigenvalue weighted by Crippen LogP contribution is -1.96. The molecule has 0 N–H and O–H groups in total. The maximum atomic E-state index is 5.61. The van der Waals surface area contributed by atoms with E-state index in [-0.39, 0.29) is 0 Å². The van der Waals surface area contributed by atoms with Crippen molar-refractivity contribution in [3.8, 4) is 39.6 Å². The Morgan fingerprint density at radius 1 is 0.771 bits per heavy atom. The van der Waals surface area contributed by atoms with Crippen LogP contribution in [0.1, 0.15) is 5.56 Å². The number of rotatable bonds is 7. The van der Waals surface area contributed by atoms with Crippen molar-refractivity contribution >= 4 is 12.0 Å². The highest BCUT2D eigenvalue weighted by molar-refractivity contribution is 5.92. The average Bonchev–Trinajstić information content (AvgIpc) is 3.32. The molecule has 0 aliphatic rings. The quantitative estimate of drug-likeness (QED) is 0.265. The maximum Gasteiger partial charge on any atom is 0.164 e. The molecule has 0 fully saturated rings. The third-order valence-corrected chi connectivity index (χ3v) is 5.60. The molecule has 6 nitrogen and oxygen atoms in total. The lowest BCUT2D eigenvalue weighted by Gasteiger charge is -2.11. The van der Waals surface area contributed by atoms with Crippen LogP contribution in [-0.4, -0.2) is 35.2 Å². The van der Waals surface area contributed by atoms with Crippen LogP contribution in [-0.2, 0) is 0 Å². The highest BCUT2D eigenvalue weighted by atomic mass is 16.5. The molecule has 0 bridgehead atoms. The summed E-state index contributed by atoms with van der Waals surface area (Å²) in [6, 6.07) is 29.8. The number of hydrogen-bond donors (Lipinski definition) is 0. The van der Waals surface area contributed by atoms with E-state index in [1.54, 1.807) is 26.6 Å². The van der Waals surface area contributed by atoms with E-state index < -0.39 is 0 Å². The first-order valence-electron chi connectivity index (χ1n) is 11.2. The van der Waals surface area contributed by atoms with E-state index in [1.807, 2.05) is 89.8 Å². The van der Waals surface area contributed by atoms with Crippen LogP contribution in [0.4, 0.5) is 5.82 Å². The molecule has 5 rings (SSSR count). The first-order chi connectivity index (χ1) is 17.3. The van der Waals surface area contributed by atoms with E-state index >= 15 is 0 Å². The van der Waals surface area contributed by atoms with Gasteiger partial charge in [-0.05, 0) is 35.9 Å². The van der Waals surface area contributed by atoms with Crippen LogP contribution in [0.2, 0.25) is 0 Å². The van der Waals surface area contributed by atoms with Crippen LogP contribution in [0.5, 0.6) is 11.5 Å². The van der Waals surface area contributed by atoms with E-state index in [2.05, 4.69) is 17.1 Å². The van der Waals surface area contributed by atoms with Gasteiger partial charge in [0.05, 0.1) is 25.5 Å². The summed E-state index contributed by atoms with van der Waals surface area (Å²) in [5.41, 5.74) is 5.43. The van der Waals surface area contributed by atoms with Crippen LogP contribution in [0, 0.1) is 0 Å². The normalized spacial score (nSPS) is 11.0. The second kappa shape index (κ2) is 10.1. The Morgan fingerprint density at radius 2 is 1.51 bits per heavy atom. The van der Waals surface area contributed by atoms with Gasteiger partial charge in [-0.1, -0.05) is 60.7 Å². The predicted octanol–water partition coefficient (Wildman–Crippen LogP) is 6.37. The number of benzene rings is 3. The maximum absolute atomic E-state index is 5.61. The van der Waals surface area contributed by atoms with Crippen molar-refractivity contribution in [2.75, 3.05) is 14.2 Å². The van der Waals surface area contributed by atoms with Gasteiger partial charge in [0.25, 0.3) is 0 Å². The van der Waals surface area contributed by atoms with Crippen molar-refractivity contribution in [3.63, 3.8) is 0 Å². The zero-order valence-electron chi connectivity index (χ0n) is 19.5. The van der Waals surface area contributed by atoms with E-state index in [4.69, 9.17) is 19.6 Å². The molecule has 172 valence electrons. The molecule has 0 aliphatic carbocycles. The molecule has 35 heavy (non-hydrogen) atoms. The summed E-state index contributed by atoms with van der Waals surface area (Å²) in [7, 11) is 3.26. The molecule has 0 aliphatic heterocycles. The Bertz CT molecular complexity index is 1450.